The van der Waals surface area contributed by atoms with E-state index in [1.807, 2.05) is 31.4 Å². The van der Waals surface area contributed by atoms with E-state index in [1.165, 1.54) is 6.20 Å². The fourth-order valence-electron chi connectivity index (χ4n) is 1.39. The van der Waals surface area contributed by atoms with E-state index in [2.05, 4.69) is 15.3 Å². The summed E-state index contributed by atoms with van der Waals surface area (Å²) in [6.45, 7) is 3.79. The second kappa shape index (κ2) is 5.05. The Balaban J connectivity index is 2.04. The minimum Gasteiger partial charge on any atom is -0.343 e. The van der Waals surface area contributed by atoms with Crippen molar-refractivity contribution in [1.82, 2.24) is 15.3 Å². The average molecular weight is 247 g/mol. The largest absolute Gasteiger partial charge is 0.343 e. The lowest BCUT2D eigenvalue weighted by Crippen LogP contribution is -2.27. The molecule has 0 aliphatic rings. The van der Waals surface area contributed by atoms with Crippen molar-refractivity contribution in [1.29, 1.82) is 0 Å². The maximum atomic E-state index is 11.9. The highest BCUT2D eigenvalue weighted by Gasteiger charge is 2.13. The zero-order valence-corrected chi connectivity index (χ0v) is 10.5. The molecule has 0 saturated heterocycles. The van der Waals surface area contributed by atoms with Crippen LogP contribution in [0.4, 0.5) is 0 Å². The summed E-state index contributed by atoms with van der Waals surface area (Å²) in [5.74, 6) is -0.196. The molecule has 0 aliphatic carbocycles. The molecule has 2 aromatic rings. The van der Waals surface area contributed by atoms with Crippen LogP contribution in [0, 0.1) is 6.92 Å². The Kier molecular flexibility index (Phi) is 3.49. The smallest absolute Gasteiger partial charge is 0.271 e. The monoisotopic (exact) mass is 247 g/mol. The molecule has 0 radical (unpaired) electrons. The summed E-state index contributed by atoms with van der Waals surface area (Å²) >= 11 is 1.62. The molecule has 2 rings (SSSR count). The van der Waals surface area contributed by atoms with Crippen molar-refractivity contribution in [2.75, 3.05) is 0 Å². The molecule has 5 heteroatoms. The summed E-state index contributed by atoms with van der Waals surface area (Å²) < 4.78 is 0. The predicted molar refractivity (Wildman–Crippen MR) is 67.0 cm³/mol. The van der Waals surface area contributed by atoms with Gasteiger partial charge in [-0.3, -0.25) is 9.78 Å². The van der Waals surface area contributed by atoms with Gasteiger partial charge in [0.15, 0.2) is 0 Å². The number of amides is 1. The van der Waals surface area contributed by atoms with Crippen molar-refractivity contribution in [2.45, 2.75) is 19.9 Å². The molecule has 1 amide bonds. The van der Waals surface area contributed by atoms with Gasteiger partial charge in [0.2, 0.25) is 0 Å². The van der Waals surface area contributed by atoms with Gasteiger partial charge in [-0.05, 0) is 25.3 Å². The summed E-state index contributed by atoms with van der Waals surface area (Å²) in [5.41, 5.74) is 1.15. The van der Waals surface area contributed by atoms with E-state index in [9.17, 15) is 4.79 Å². The molecule has 0 fully saturated rings. The molecule has 2 aromatic heterocycles. The maximum absolute atomic E-state index is 11.9. The first kappa shape index (κ1) is 11.7. The van der Waals surface area contributed by atoms with Crippen molar-refractivity contribution in [3.8, 4) is 0 Å². The molecule has 4 nitrogen and oxygen atoms in total. The highest BCUT2D eigenvalue weighted by molar-refractivity contribution is 7.10. The van der Waals surface area contributed by atoms with E-state index < -0.39 is 0 Å². The second-order valence-corrected chi connectivity index (χ2v) is 4.73. The van der Waals surface area contributed by atoms with Crippen LogP contribution in [0.15, 0.2) is 29.9 Å². The number of hydrogen-bond acceptors (Lipinski definition) is 4. The van der Waals surface area contributed by atoms with Crippen molar-refractivity contribution in [3.05, 3.63) is 46.2 Å². The van der Waals surface area contributed by atoms with Crippen LogP contribution in [-0.2, 0) is 0 Å². The lowest BCUT2D eigenvalue weighted by molar-refractivity contribution is 0.0935. The van der Waals surface area contributed by atoms with Gasteiger partial charge < -0.3 is 5.32 Å². The quantitative estimate of drug-likeness (QED) is 0.905. The highest BCUT2D eigenvalue weighted by atomic mass is 32.1. The molecule has 88 valence electrons. The number of rotatable bonds is 3. The van der Waals surface area contributed by atoms with Crippen molar-refractivity contribution in [3.63, 3.8) is 0 Å². The third-order valence-corrected chi connectivity index (χ3v) is 3.39. The molecular formula is C12H13N3OS. The fraction of sp³-hybridized carbons (Fsp3) is 0.250. The fourth-order valence-corrected chi connectivity index (χ4v) is 2.12. The lowest BCUT2D eigenvalue weighted by atomic mass is 10.2. The summed E-state index contributed by atoms with van der Waals surface area (Å²) in [7, 11) is 0. The van der Waals surface area contributed by atoms with Crippen LogP contribution in [-0.4, -0.2) is 15.9 Å². The molecule has 0 aliphatic heterocycles. The van der Waals surface area contributed by atoms with Crippen LogP contribution in [0.3, 0.4) is 0 Å². The zero-order chi connectivity index (χ0) is 12.3. The van der Waals surface area contributed by atoms with Gasteiger partial charge in [0.25, 0.3) is 5.91 Å². The van der Waals surface area contributed by atoms with E-state index in [0.29, 0.717) is 5.69 Å². The summed E-state index contributed by atoms with van der Waals surface area (Å²) in [6, 6.07) is 3.95. The average Bonchev–Trinajstić information content (AvgIpc) is 2.83. The first-order valence-corrected chi connectivity index (χ1v) is 6.17. The molecule has 17 heavy (non-hydrogen) atoms. The SMILES string of the molecule is Cc1cnc(C(=O)N[C@@H](C)c2cccs2)cn1. The van der Waals surface area contributed by atoms with Gasteiger partial charge >= 0.3 is 0 Å². The summed E-state index contributed by atoms with van der Waals surface area (Å²) in [5, 5.41) is 4.88. The van der Waals surface area contributed by atoms with Crippen molar-refractivity contribution in [2.24, 2.45) is 0 Å². The Hall–Kier alpha value is -1.75. The van der Waals surface area contributed by atoms with E-state index in [-0.39, 0.29) is 11.9 Å². The van der Waals surface area contributed by atoms with Crippen LogP contribution in [0.25, 0.3) is 0 Å². The number of carbonyl (C=O) groups is 1. The number of nitrogens with zero attached hydrogens (tertiary/aromatic N) is 2. The van der Waals surface area contributed by atoms with Gasteiger partial charge in [-0.15, -0.1) is 11.3 Å². The standard InChI is InChI=1S/C12H13N3OS/c1-8-6-14-10(7-13-8)12(16)15-9(2)11-4-3-5-17-11/h3-7,9H,1-2H3,(H,15,16)/t9-/m0/s1. The zero-order valence-electron chi connectivity index (χ0n) is 9.68. The number of aryl methyl sites for hydroxylation is 1. The van der Waals surface area contributed by atoms with Gasteiger partial charge in [-0.25, -0.2) is 4.98 Å². The molecule has 0 aromatic carbocycles. The molecule has 2 heterocycles. The van der Waals surface area contributed by atoms with Crippen LogP contribution in [0.1, 0.15) is 34.0 Å². The third-order valence-electron chi connectivity index (χ3n) is 2.33. The Morgan fingerprint density at radius 3 is 2.82 bits per heavy atom. The third kappa shape index (κ3) is 2.88. The van der Waals surface area contributed by atoms with E-state index >= 15 is 0 Å². The van der Waals surface area contributed by atoms with Crippen LogP contribution >= 0.6 is 11.3 Å². The van der Waals surface area contributed by atoms with Crippen LogP contribution < -0.4 is 5.32 Å². The molecular weight excluding hydrogens is 234 g/mol. The van der Waals surface area contributed by atoms with Crippen molar-refractivity contribution >= 4 is 17.2 Å². The Morgan fingerprint density at radius 2 is 2.24 bits per heavy atom. The van der Waals surface area contributed by atoms with Crippen molar-refractivity contribution < 1.29 is 4.79 Å². The molecule has 0 spiro atoms. The summed E-state index contributed by atoms with van der Waals surface area (Å²) in [6.07, 6.45) is 3.08. The van der Waals surface area contributed by atoms with Crippen LogP contribution in [0.2, 0.25) is 0 Å². The first-order valence-electron chi connectivity index (χ1n) is 5.29. The Labute approximate surface area is 104 Å². The second-order valence-electron chi connectivity index (χ2n) is 3.75. The molecule has 0 saturated carbocycles. The molecule has 0 bridgehead atoms. The molecule has 0 unspecified atom stereocenters. The van der Waals surface area contributed by atoms with Gasteiger partial charge in [0.1, 0.15) is 5.69 Å². The minimum absolute atomic E-state index is 0.00870. The lowest BCUT2D eigenvalue weighted by Gasteiger charge is -2.11. The number of carbonyl (C=O) groups excluding carboxylic acids is 1. The van der Waals surface area contributed by atoms with E-state index in [1.54, 1.807) is 17.5 Å². The summed E-state index contributed by atoms with van der Waals surface area (Å²) in [4.78, 5) is 21.1. The van der Waals surface area contributed by atoms with Crippen LogP contribution in [0.5, 0.6) is 0 Å². The van der Waals surface area contributed by atoms with Gasteiger partial charge in [0.05, 0.1) is 17.9 Å². The number of thiophene rings is 1. The van der Waals surface area contributed by atoms with Gasteiger partial charge in [-0.2, -0.15) is 0 Å². The Morgan fingerprint density at radius 1 is 1.41 bits per heavy atom. The van der Waals surface area contributed by atoms with E-state index in [0.717, 1.165) is 10.6 Å². The van der Waals surface area contributed by atoms with Gasteiger partial charge in [-0.1, -0.05) is 6.07 Å². The number of nitrogens with one attached hydrogen (secondary N) is 1. The molecule has 1 atom stereocenters. The maximum Gasteiger partial charge on any atom is 0.271 e. The predicted octanol–water partition coefficient (Wildman–Crippen LogP) is 2.34. The number of aromatic nitrogens is 2. The Bertz CT molecular complexity index is 493. The topological polar surface area (TPSA) is 54.9 Å². The number of hydrogen-bond donors (Lipinski definition) is 1. The highest BCUT2D eigenvalue weighted by Crippen LogP contribution is 2.18. The van der Waals surface area contributed by atoms with Gasteiger partial charge in [0, 0.05) is 11.1 Å². The first-order chi connectivity index (χ1) is 8.16. The van der Waals surface area contributed by atoms with E-state index in [4.69, 9.17) is 0 Å². The minimum atomic E-state index is -0.196. The molecule has 1 N–H and O–H groups in total. The normalized spacial score (nSPS) is 12.1.